The van der Waals surface area contributed by atoms with Crippen molar-refractivity contribution in [2.75, 3.05) is 19.0 Å². The molecule has 2 aromatic heterocycles. The van der Waals surface area contributed by atoms with E-state index in [1.807, 2.05) is 48.0 Å². The molecule has 0 aliphatic rings. The van der Waals surface area contributed by atoms with Gasteiger partial charge in [0.2, 0.25) is 0 Å². The number of nitrogens with zero attached hydrogens (tertiary/aromatic N) is 5. The summed E-state index contributed by atoms with van der Waals surface area (Å²) in [5, 5.41) is 24.3. The Labute approximate surface area is 167 Å². The van der Waals surface area contributed by atoms with Crippen LogP contribution in [-0.2, 0) is 11.4 Å². The van der Waals surface area contributed by atoms with Crippen LogP contribution in [0.3, 0.4) is 0 Å². The molecule has 0 saturated heterocycles. The smallest absolute Gasteiger partial charge is 0.304 e. The van der Waals surface area contributed by atoms with E-state index in [2.05, 4.69) is 16.2 Å². The molecule has 1 aromatic carbocycles. The van der Waals surface area contributed by atoms with Gasteiger partial charge in [-0.3, -0.25) is 10.1 Å². The maximum Gasteiger partial charge on any atom is 0.304 e. The minimum atomic E-state index is -0.450. The highest BCUT2D eigenvalue weighted by molar-refractivity contribution is 5.78. The highest BCUT2D eigenvalue weighted by atomic mass is 16.6. The molecule has 0 spiro atoms. The Kier molecular flexibility index (Phi) is 5.85. The molecule has 3 rings (SSSR count). The zero-order chi connectivity index (χ0) is 20.8. The van der Waals surface area contributed by atoms with Crippen LogP contribution < -0.4 is 9.88 Å². The summed E-state index contributed by atoms with van der Waals surface area (Å²) in [6.45, 7) is 0.181. The molecule has 2 heterocycles. The van der Waals surface area contributed by atoms with Crippen molar-refractivity contribution in [1.82, 2.24) is 4.57 Å². The molecular weight excluding hydrogens is 372 g/mol. The number of non-ortho nitro benzene ring substituents is 1. The Morgan fingerprint density at radius 3 is 2.72 bits per heavy atom. The van der Waals surface area contributed by atoms with Crippen molar-refractivity contribution in [2.45, 2.75) is 6.61 Å². The van der Waals surface area contributed by atoms with Gasteiger partial charge in [0.05, 0.1) is 23.0 Å². The maximum atomic E-state index is 10.7. The van der Waals surface area contributed by atoms with E-state index >= 15 is 0 Å². The van der Waals surface area contributed by atoms with Gasteiger partial charge in [-0.15, -0.1) is 0 Å². The molecule has 0 bridgehead atoms. The molecule has 0 aliphatic heterocycles. The van der Waals surface area contributed by atoms with E-state index in [1.54, 1.807) is 24.5 Å². The van der Waals surface area contributed by atoms with Crippen LogP contribution in [0.25, 0.3) is 5.82 Å². The van der Waals surface area contributed by atoms with Gasteiger partial charge in [-0.05, 0) is 29.8 Å². The molecule has 0 fully saturated rings. The molecule has 0 unspecified atom stereocenters. The highest BCUT2D eigenvalue weighted by Gasteiger charge is 2.20. The molecule has 29 heavy (non-hydrogen) atoms. The van der Waals surface area contributed by atoms with E-state index in [-0.39, 0.29) is 12.3 Å². The molecule has 3 aromatic rings. The molecular formula is C20H19N6O3+. The van der Waals surface area contributed by atoms with Gasteiger partial charge in [0, 0.05) is 32.3 Å². The Morgan fingerprint density at radius 2 is 2.07 bits per heavy atom. The average Bonchev–Trinajstić information content (AvgIpc) is 3.19. The summed E-state index contributed by atoms with van der Waals surface area (Å²) in [7, 11) is 3.76. The van der Waals surface area contributed by atoms with Gasteiger partial charge in [-0.1, -0.05) is 5.16 Å². The minimum absolute atomic E-state index is 0.0274. The van der Waals surface area contributed by atoms with E-state index in [4.69, 9.17) is 4.84 Å². The quantitative estimate of drug-likeness (QED) is 0.349. The average molecular weight is 391 g/mol. The molecule has 9 nitrogen and oxygen atoms in total. The predicted octanol–water partition coefficient (Wildman–Crippen LogP) is 2.69. The van der Waals surface area contributed by atoms with E-state index < -0.39 is 4.92 Å². The monoisotopic (exact) mass is 391 g/mol. The number of pyridine rings is 1. The first-order valence-electron chi connectivity index (χ1n) is 8.69. The normalized spacial score (nSPS) is 10.7. The number of hydrogen-bond acceptors (Lipinski definition) is 6. The molecule has 9 heteroatoms. The first kappa shape index (κ1) is 19.6. The number of H-pyrrole nitrogens is 1. The van der Waals surface area contributed by atoms with Crippen LogP contribution in [0.1, 0.15) is 16.8 Å². The zero-order valence-corrected chi connectivity index (χ0v) is 15.9. The topological polar surface area (TPSA) is 111 Å². The van der Waals surface area contributed by atoms with E-state index in [0.29, 0.717) is 11.4 Å². The van der Waals surface area contributed by atoms with Gasteiger partial charge >= 0.3 is 5.82 Å². The second-order valence-corrected chi connectivity index (χ2v) is 6.33. The number of aromatic nitrogens is 2. The lowest BCUT2D eigenvalue weighted by atomic mass is 10.2. The Bertz CT molecular complexity index is 1080. The van der Waals surface area contributed by atoms with Crippen LogP contribution in [0, 0.1) is 21.4 Å². The number of nitro benzene ring substituents is 1. The third kappa shape index (κ3) is 4.39. The lowest BCUT2D eigenvalue weighted by Gasteiger charge is -2.13. The third-order valence-electron chi connectivity index (χ3n) is 4.21. The summed E-state index contributed by atoms with van der Waals surface area (Å²) in [5.41, 5.74) is 2.82. The number of anilines is 1. The number of hydrogen-bond donors (Lipinski definition) is 0. The number of oxime groups is 1. The SMILES string of the molecule is CN(C)c1cc[nH+]c(-n2cccc2/C=N/OCc2ccc([N+](=O)[O-])cc2)c1C#N. The van der Waals surface area contributed by atoms with Gasteiger partial charge in [0.1, 0.15) is 18.9 Å². The van der Waals surface area contributed by atoms with Crippen LogP contribution in [0.15, 0.2) is 60.0 Å². The summed E-state index contributed by atoms with van der Waals surface area (Å²) in [6.07, 6.45) is 5.14. The van der Waals surface area contributed by atoms with Crippen LogP contribution in [-0.4, -0.2) is 29.8 Å². The molecule has 146 valence electrons. The predicted molar refractivity (Wildman–Crippen MR) is 107 cm³/mol. The van der Waals surface area contributed by atoms with Crippen LogP contribution in [0.5, 0.6) is 0 Å². The first-order chi connectivity index (χ1) is 14.0. The number of nitrogens with one attached hydrogen (secondary N) is 1. The molecule has 0 amide bonds. The molecule has 0 saturated carbocycles. The second-order valence-electron chi connectivity index (χ2n) is 6.33. The Hall–Kier alpha value is -4.19. The number of benzene rings is 1. The van der Waals surface area contributed by atoms with Crippen molar-refractivity contribution in [3.63, 3.8) is 0 Å². The van der Waals surface area contributed by atoms with Crippen LogP contribution >= 0.6 is 0 Å². The fourth-order valence-corrected chi connectivity index (χ4v) is 2.77. The molecule has 0 atom stereocenters. The van der Waals surface area contributed by atoms with Crippen molar-refractivity contribution >= 4 is 17.6 Å². The summed E-state index contributed by atoms with van der Waals surface area (Å²) in [6, 6.07) is 13.9. The van der Waals surface area contributed by atoms with Gasteiger partial charge in [-0.25, -0.2) is 4.98 Å². The van der Waals surface area contributed by atoms with E-state index in [0.717, 1.165) is 16.9 Å². The molecule has 0 aliphatic carbocycles. The number of aromatic amines is 1. The zero-order valence-electron chi connectivity index (χ0n) is 15.9. The number of nitriles is 1. The van der Waals surface area contributed by atoms with Crippen molar-refractivity contribution in [3.05, 3.63) is 81.8 Å². The Balaban J connectivity index is 1.75. The lowest BCUT2D eigenvalue weighted by molar-refractivity contribution is -0.384. The summed E-state index contributed by atoms with van der Waals surface area (Å²) >= 11 is 0. The molecule has 1 N–H and O–H groups in total. The summed E-state index contributed by atoms with van der Waals surface area (Å²) < 4.78 is 1.81. The summed E-state index contributed by atoms with van der Waals surface area (Å²) in [5.74, 6) is 0.625. The van der Waals surface area contributed by atoms with Gasteiger partial charge < -0.3 is 9.74 Å². The fourth-order valence-electron chi connectivity index (χ4n) is 2.77. The van der Waals surface area contributed by atoms with Crippen molar-refractivity contribution < 1.29 is 14.7 Å². The van der Waals surface area contributed by atoms with Crippen molar-refractivity contribution in [1.29, 1.82) is 5.26 Å². The summed E-state index contributed by atoms with van der Waals surface area (Å²) in [4.78, 5) is 20.5. The van der Waals surface area contributed by atoms with Crippen LogP contribution in [0.2, 0.25) is 0 Å². The second kappa shape index (κ2) is 8.67. The van der Waals surface area contributed by atoms with Crippen LogP contribution in [0.4, 0.5) is 11.4 Å². The van der Waals surface area contributed by atoms with Gasteiger partial charge in [0.15, 0.2) is 11.3 Å². The largest absolute Gasteiger partial charge is 0.391 e. The fraction of sp³-hybridized carbons (Fsp3) is 0.150. The molecule has 0 radical (unpaired) electrons. The third-order valence-corrected chi connectivity index (χ3v) is 4.21. The number of rotatable bonds is 7. The standard InChI is InChI=1S/C20H18N6O3/c1-24(2)19-9-10-22-20(18(19)12-21)25-11-3-4-17(25)13-23-29-14-15-5-7-16(8-6-15)26(27)28/h3-11,13H,14H2,1-2H3/p+1/b23-13+. The van der Waals surface area contributed by atoms with Gasteiger partial charge in [0.25, 0.3) is 5.69 Å². The Morgan fingerprint density at radius 1 is 1.31 bits per heavy atom. The van der Waals surface area contributed by atoms with Crippen molar-refractivity contribution in [3.8, 4) is 11.9 Å². The van der Waals surface area contributed by atoms with Crippen molar-refractivity contribution in [2.24, 2.45) is 5.16 Å². The van der Waals surface area contributed by atoms with E-state index in [1.165, 1.54) is 12.1 Å². The lowest BCUT2D eigenvalue weighted by Crippen LogP contribution is -2.20. The van der Waals surface area contributed by atoms with Gasteiger partial charge in [-0.2, -0.15) is 9.83 Å². The maximum absolute atomic E-state index is 10.7. The number of nitro groups is 1. The first-order valence-corrected chi connectivity index (χ1v) is 8.69. The van der Waals surface area contributed by atoms with E-state index in [9.17, 15) is 15.4 Å². The minimum Gasteiger partial charge on any atom is -0.391 e. The highest BCUT2D eigenvalue weighted by Crippen LogP contribution is 2.21.